The number of ether oxygens (including phenoxy) is 2. The van der Waals surface area contributed by atoms with E-state index in [0.29, 0.717) is 0 Å². The molecule has 4 nitrogen and oxygen atoms in total. The average Bonchev–Trinajstić information content (AvgIpc) is 2.31. The Morgan fingerprint density at radius 1 is 1.25 bits per heavy atom. The van der Waals surface area contributed by atoms with Gasteiger partial charge in [0.1, 0.15) is 6.61 Å². The van der Waals surface area contributed by atoms with E-state index in [-0.39, 0.29) is 23.7 Å². The van der Waals surface area contributed by atoms with Gasteiger partial charge in [0.2, 0.25) is 0 Å². The Morgan fingerprint density at radius 3 is 2.25 bits per heavy atom. The summed E-state index contributed by atoms with van der Waals surface area (Å²) in [6, 6.07) is 0. The lowest BCUT2D eigenvalue weighted by Crippen LogP contribution is -2.44. The molecular formula is C15H30O4Si. The fraction of sp³-hybridized carbons (Fsp3) is 0.800. The molecule has 0 heterocycles. The number of carbonyl (C=O) groups excluding carboxylic acids is 1. The zero-order valence-corrected chi connectivity index (χ0v) is 15.1. The van der Waals surface area contributed by atoms with Crippen LogP contribution in [0.4, 0.5) is 4.79 Å². The molecule has 0 aliphatic heterocycles. The minimum atomic E-state index is -1.74. The van der Waals surface area contributed by atoms with Crippen molar-refractivity contribution in [1.82, 2.24) is 0 Å². The van der Waals surface area contributed by atoms with Gasteiger partial charge >= 0.3 is 6.16 Å². The van der Waals surface area contributed by atoms with E-state index >= 15 is 0 Å². The zero-order valence-electron chi connectivity index (χ0n) is 14.1. The molecule has 2 atom stereocenters. The predicted octanol–water partition coefficient (Wildman–Crippen LogP) is 4.37. The summed E-state index contributed by atoms with van der Waals surface area (Å²) in [7, 11) is -0.446. The van der Waals surface area contributed by atoms with Gasteiger partial charge in [-0.05, 0) is 31.0 Å². The van der Waals surface area contributed by atoms with Crippen LogP contribution >= 0.6 is 0 Å². The Bertz CT molecular complexity index is 331. The number of methoxy groups -OCH3 is 1. The average molecular weight is 302 g/mol. The van der Waals surface area contributed by atoms with Gasteiger partial charge in [0.25, 0.3) is 0 Å². The fourth-order valence-electron chi connectivity index (χ4n) is 1.35. The van der Waals surface area contributed by atoms with E-state index in [1.807, 2.05) is 12.2 Å². The van der Waals surface area contributed by atoms with Crippen molar-refractivity contribution in [3.05, 3.63) is 12.2 Å². The maximum atomic E-state index is 10.8. The summed E-state index contributed by atoms with van der Waals surface area (Å²) >= 11 is 0. The summed E-state index contributed by atoms with van der Waals surface area (Å²) in [5.41, 5.74) is 0. The highest BCUT2D eigenvalue weighted by Gasteiger charge is 2.38. The van der Waals surface area contributed by atoms with Crippen LogP contribution in [0, 0.1) is 5.92 Å². The zero-order chi connectivity index (χ0) is 16.0. The highest BCUT2D eigenvalue weighted by atomic mass is 28.4. The first-order chi connectivity index (χ1) is 9.01. The number of carbonyl (C=O) groups is 1. The molecule has 0 fully saturated rings. The van der Waals surface area contributed by atoms with Crippen LogP contribution < -0.4 is 0 Å². The summed E-state index contributed by atoms with van der Waals surface area (Å²) in [6.45, 7) is 15.6. The van der Waals surface area contributed by atoms with Crippen molar-refractivity contribution in [3.8, 4) is 0 Å². The second-order valence-electron chi connectivity index (χ2n) is 6.64. The minimum absolute atomic E-state index is 0.144. The van der Waals surface area contributed by atoms with Gasteiger partial charge in [-0.2, -0.15) is 0 Å². The molecule has 0 saturated carbocycles. The van der Waals surface area contributed by atoms with E-state index in [1.165, 1.54) is 7.11 Å². The normalized spacial score (nSPS) is 16.0. The van der Waals surface area contributed by atoms with Crippen LogP contribution in [0.3, 0.4) is 0 Å². The third-order valence-electron chi connectivity index (χ3n) is 3.93. The summed E-state index contributed by atoms with van der Waals surface area (Å²) < 4.78 is 15.5. The Balaban J connectivity index is 4.32. The molecule has 0 aliphatic rings. The van der Waals surface area contributed by atoms with E-state index in [9.17, 15) is 4.79 Å². The van der Waals surface area contributed by atoms with Crippen molar-refractivity contribution in [3.63, 3.8) is 0 Å². The summed E-state index contributed by atoms with van der Waals surface area (Å²) in [6.07, 6.45) is 3.33. The molecule has 118 valence electrons. The van der Waals surface area contributed by atoms with E-state index in [1.54, 1.807) is 0 Å². The molecule has 20 heavy (non-hydrogen) atoms. The maximum Gasteiger partial charge on any atom is 0.508 e. The van der Waals surface area contributed by atoms with Gasteiger partial charge in [0.15, 0.2) is 8.32 Å². The summed E-state index contributed by atoms with van der Waals surface area (Å²) in [5.74, 6) is 0.269. The van der Waals surface area contributed by atoms with Crippen molar-refractivity contribution < 1.29 is 18.7 Å². The molecule has 5 heteroatoms. The first-order valence-corrected chi connectivity index (χ1v) is 9.97. The van der Waals surface area contributed by atoms with Crippen LogP contribution in [-0.2, 0) is 13.9 Å². The fourth-order valence-corrected chi connectivity index (χ4v) is 2.85. The minimum Gasteiger partial charge on any atom is -0.438 e. The largest absolute Gasteiger partial charge is 0.508 e. The molecular weight excluding hydrogens is 272 g/mol. The van der Waals surface area contributed by atoms with Crippen LogP contribution in [0.5, 0.6) is 0 Å². The Kier molecular flexibility index (Phi) is 7.52. The monoisotopic (exact) mass is 302 g/mol. The standard InChI is InChI=1S/C15H30O4Si/c1-12(10-9-11-18-14(16)17-6)13(2)19-20(7,8)15(3,4)5/h9-10,12-13H,11H2,1-8H3/b10-9+/t12-,13-/m1/s1. The highest BCUT2D eigenvalue weighted by molar-refractivity contribution is 6.74. The van der Waals surface area contributed by atoms with E-state index in [2.05, 4.69) is 52.4 Å². The lowest BCUT2D eigenvalue weighted by atomic mass is 10.1. The van der Waals surface area contributed by atoms with Crippen LogP contribution in [0.1, 0.15) is 34.6 Å². The Morgan fingerprint density at radius 2 is 1.80 bits per heavy atom. The molecule has 0 spiro atoms. The number of rotatable bonds is 6. The molecule has 0 aromatic heterocycles. The topological polar surface area (TPSA) is 44.8 Å². The molecule has 0 N–H and O–H groups in total. The molecule has 0 unspecified atom stereocenters. The summed E-state index contributed by atoms with van der Waals surface area (Å²) in [4.78, 5) is 10.8. The SMILES string of the molecule is COC(=O)OC/C=C/[C@@H](C)[C@@H](C)O[Si](C)(C)C(C)(C)C. The first kappa shape index (κ1) is 19.2. The van der Waals surface area contributed by atoms with E-state index in [0.717, 1.165) is 0 Å². The quantitative estimate of drug-likeness (QED) is 0.415. The third kappa shape index (κ3) is 6.57. The molecule has 0 aromatic rings. The van der Waals surface area contributed by atoms with Crippen molar-refractivity contribution in [2.45, 2.75) is 58.9 Å². The van der Waals surface area contributed by atoms with E-state index in [4.69, 9.17) is 9.16 Å². The lowest BCUT2D eigenvalue weighted by molar-refractivity contribution is 0.0816. The van der Waals surface area contributed by atoms with Gasteiger partial charge in [-0.1, -0.05) is 39.8 Å². The van der Waals surface area contributed by atoms with Gasteiger partial charge < -0.3 is 13.9 Å². The van der Waals surface area contributed by atoms with Gasteiger partial charge in [-0.25, -0.2) is 4.79 Å². The van der Waals surface area contributed by atoms with Crippen LogP contribution in [0.2, 0.25) is 18.1 Å². The molecule has 0 aliphatic carbocycles. The van der Waals surface area contributed by atoms with Crippen molar-refractivity contribution in [1.29, 1.82) is 0 Å². The molecule has 0 bridgehead atoms. The van der Waals surface area contributed by atoms with Crippen LogP contribution in [0.15, 0.2) is 12.2 Å². The Labute approximate surface area is 124 Å². The molecule has 0 saturated heterocycles. The lowest BCUT2D eigenvalue weighted by Gasteiger charge is -2.39. The smallest absolute Gasteiger partial charge is 0.438 e. The second kappa shape index (κ2) is 7.83. The van der Waals surface area contributed by atoms with Crippen molar-refractivity contribution >= 4 is 14.5 Å². The molecule has 0 amide bonds. The van der Waals surface area contributed by atoms with Gasteiger partial charge in [0, 0.05) is 6.10 Å². The molecule has 0 rings (SSSR count). The number of hydrogen-bond donors (Lipinski definition) is 0. The first-order valence-electron chi connectivity index (χ1n) is 7.06. The van der Waals surface area contributed by atoms with Crippen molar-refractivity contribution in [2.75, 3.05) is 13.7 Å². The maximum absolute atomic E-state index is 10.8. The van der Waals surface area contributed by atoms with Crippen LogP contribution in [0.25, 0.3) is 0 Å². The highest BCUT2D eigenvalue weighted by Crippen LogP contribution is 2.38. The number of hydrogen-bond acceptors (Lipinski definition) is 4. The molecule has 0 aromatic carbocycles. The van der Waals surface area contributed by atoms with Gasteiger partial charge in [-0.3, -0.25) is 0 Å². The molecule has 0 radical (unpaired) electrons. The van der Waals surface area contributed by atoms with Crippen LogP contribution in [-0.4, -0.2) is 34.3 Å². The second-order valence-corrected chi connectivity index (χ2v) is 11.4. The van der Waals surface area contributed by atoms with Gasteiger partial charge in [0.05, 0.1) is 7.11 Å². The Hall–Kier alpha value is -0.813. The third-order valence-corrected chi connectivity index (χ3v) is 8.50. The van der Waals surface area contributed by atoms with Gasteiger partial charge in [-0.15, -0.1) is 0 Å². The van der Waals surface area contributed by atoms with E-state index < -0.39 is 14.5 Å². The summed E-state index contributed by atoms with van der Waals surface area (Å²) in [5, 5.41) is 0.207. The van der Waals surface area contributed by atoms with Crippen molar-refractivity contribution in [2.24, 2.45) is 5.92 Å². The predicted molar refractivity (Wildman–Crippen MR) is 84.4 cm³/mol.